The van der Waals surface area contributed by atoms with E-state index in [4.69, 9.17) is 4.74 Å². The molecule has 0 saturated heterocycles. The van der Waals surface area contributed by atoms with Gasteiger partial charge in [-0.1, -0.05) is 36.4 Å². The maximum atomic E-state index is 13.6. The van der Waals surface area contributed by atoms with Crippen LogP contribution in [0.25, 0.3) is 11.1 Å². The van der Waals surface area contributed by atoms with Gasteiger partial charge in [0.15, 0.2) is 0 Å². The minimum atomic E-state index is -4.40. The van der Waals surface area contributed by atoms with E-state index < -0.39 is 11.7 Å². The number of benzene rings is 2. The molecule has 170 valence electrons. The molecule has 0 spiro atoms. The van der Waals surface area contributed by atoms with Gasteiger partial charge in [-0.25, -0.2) is 0 Å². The van der Waals surface area contributed by atoms with Gasteiger partial charge in [0.1, 0.15) is 11.5 Å². The molecule has 0 bridgehead atoms. The first kappa shape index (κ1) is 21.7. The number of rotatable bonds is 5. The molecule has 3 aromatic rings. The van der Waals surface area contributed by atoms with Gasteiger partial charge in [0.25, 0.3) is 0 Å². The fourth-order valence-electron chi connectivity index (χ4n) is 5.26. The highest BCUT2D eigenvalue weighted by Gasteiger charge is 2.35. The number of alkyl halides is 3. The summed E-state index contributed by atoms with van der Waals surface area (Å²) in [5.74, 6) is 1.08. The van der Waals surface area contributed by atoms with Gasteiger partial charge < -0.3 is 9.53 Å². The van der Waals surface area contributed by atoms with Crippen LogP contribution < -0.4 is 4.74 Å². The van der Waals surface area contributed by atoms with Gasteiger partial charge >= 0.3 is 6.18 Å². The smallest absolute Gasteiger partial charge is 0.417 e. The molecule has 2 aliphatic rings. The number of carbonyl (C=O) groups excluding carboxylic acids is 1. The summed E-state index contributed by atoms with van der Waals surface area (Å²) < 4.78 is 46.6. The molecule has 0 saturated carbocycles. The molecule has 0 radical (unpaired) electrons. The van der Waals surface area contributed by atoms with Gasteiger partial charge in [0, 0.05) is 18.5 Å². The molecule has 1 aromatic heterocycles. The highest BCUT2D eigenvalue weighted by molar-refractivity contribution is 5.76. The molecule has 0 fully saturated rings. The standard InChI is InChI=1S/C27H24F3NO2/c1-16(32)11-19-15-33-25-13-17(14-31-26(19)25)12-18-9-10-22-20(18)6-4-7-21(22)23-5-2-3-8-24(23)27(28,29)30/h2-8,13-14,18-19H,9-12,15H2,1H3/t18-,19?/m0/s1. The summed E-state index contributed by atoms with van der Waals surface area (Å²) in [6, 6.07) is 13.5. The van der Waals surface area contributed by atoms with Gasteiger partial charge in [0.2, 0.25) is 0 Å². The number of ketones is 1. The van der Waals surface area contributed by atoms with Crippen LogP contribution in [0.15, 0.2) is 54.7 Å². The zero-order valence-electron chi connectivity index (χ0n) is 18.3. The summed E-state index contributed by atoms with van der Waals surface area (Å²) in [5.41, 5.74) is 4.31. The van der Waals surface area contributed by atoms with Crippen molar-refractivity contribution in [1.29, 1.82) is 0 Å². The quantitative estimate of drug-likeness (QED) is 0.445. The Labute approximate surface area is 190 Å². The summed E-state index contributed by atoms with van der Waals surface area (Å²) in [4.78, 5) is 16.1. The molecular formula is C27H24F3NO2. The highest BCUT2D eigenvalue weighted by Crippen LogP contribution is 2.44. The van der Waals surface area contributed by atoms with Crippen molar-refractivity contribution < 1.29 is 22.7 Å². The molecule has 5 rings (SSSR count). The molecule has 0 amide bonds. The minimum absolute atomic E-state index is 0.00927. The molecule has 33 heavy (non-hydrogen) atoms. The molecule has 2 atom stereocenters. The van der Waals surface area contributed by atoms with Crippen LogP contribution >= 0.6 is 0 Å². The maximum Gasteiger partial charge on any atom is 0.417 e. The van der Waals surface area contributed by atoms with Gasteiger partial charge in [-0.2, -0.15) is 13.2 Å². The van der Waals surface area contributed by atoms with E-state index in [-0.39, 0.29) is 23.2 Å². The zero-order valence-corrected chi connectivity index (χ0v) is 18.3. The molecule has 3 nitrogen and oxygen atoms in total. The molecular weight excluding hydrogens is 427 g/mol. The number of Topliss-reactive ketones (excluding diaryl/α,β-unsaturated/α-hetero) is 1. The number of pyridine rings is 1. The van der Waals surface area contributed by atoms with Crippen molar-refractivity contribution >= 4 is 5.78 Å². The molecule has 1 aliphatic heterocycles. The Morgan fingerprint density at radius 2 is 1.88 bits per heavy atom. The van der Waals surface area contributed by atoms with Crippen LogP contribution in [0.3, 0.4) is 0 Å². The summed E-state index contributed by atoms with van der Waals surface area (Å²) >= 11 is 0. The van der Waals surface area contributed by atoms with E-state index in [9.17, 15) is 18.0 Å². The molecule has 1 unspecified atom stereocenters. The Morgan fingerprint density at radius 1 is 1.09 bits per heavy atom. The second-order valence-electron chi connectivity index (χ2n) is 9.00. The first-order valence-electron chi connectivity index (χ1n) is 11.2. The lowest BCUT2D eigenvalue weighted by Gasteiger charge is -2.17. The van der Waals surface area contributed by atoms with Crippen molar-refractivity contribution in [2.24, 2.45) is 0 Å². The third-order valence-electron chi connectivity index (χ3n) is 6.70. The number of hydrogen-bond acceptors (Lipinski definition) is 3. The number of hydrogen-bond donors (Lipinski definition) is 0. The van der Waals surface area contributed by atoms with Crippen molar-refractivity contribution in [1.82, 2.24) is 4.98 Å². The molecule has 2 heterocycles. The number of carbonyl (C=O) groups is 1. The van der Waals surface area contributed by atoms with Gasteiger partial charge in [-0.3, -0.25) is 4.98 Å². The van der Waals surface area contributed by atoms with E-state index in [0.29, 0.717) is 18.6 Å². The number of fused-ring (bicyclic) bond motifs is 2. The topological polar surface area (TPSA) is 39.2 Å². The van der Waals surface area contributed by atoms with Crippen LogP contribution in [-0.2, 0) is 23.8 Å². The van der Waals surface area contributed by atoms with Crippen molar-refractivity contribution in [3.05, 3.63) is 82.7 Å². The number of ether oxygens (including phenoxy) is 1. The van der Waals surface area contributed by atoms with E-state index in [1.165, 1.54) is 6.07 Å². The van der Waals surface area contributed by atoms with Crippen LogP contribution in [0.4, 0.5) is 13.2 Å². The summed E-state index contributed by atoms with van der Waals surface area (Å²) in [7, 11) is 0. The SMILES string of the molecule is CC(=O)CC1COc2cc(C[C@@H]3CCc4c(-c5ccccc5C(F)(F)F)cccc43)cnc21. The molecule has 2 aromatic carbocycles. The van der Waals surface area contributed by atoms with Gasteiger partial charge in [-0.15, -0.1) is 0 Å². The minimum Gasteiger partial charge on any atom is -0.491 e. The number of halogens is 3. The van der Waals surface area contributed by atoms with E-state index >= 15 is 0 Å². The Hall–Kier alpha value is -3.15. The van der Waals surface area contributed by atoms with Crippen molar-refractivity contribution in [2.75, 3.05) is 6.61 Å². The summed E-state index contributed by atoms with van der Waals surface area (Å²) in [5, 5.41) is 0. The summed E-state index contributed by atoms with van der Waals surface area (Å²) in [6.07, 6.45) is 0.258. The molecule has 6 heteroatoms. The molecule has 0 N–H and O–H groups in total. The maximum absolute atomic E-state index is 13.6. The first-order chi connectivity index (χ1) is 15.8. The summed E-state index contributed by atoms with van der Waals surface area (Å²) in [6.45, 7) is 2.05. The van der Waals surface area contributed by atoms with Crippen molar-refractivity contribution in [3.8, 4) is 16.9 Å². The Morgan fingerprint density at radius 3 is 2.67 bits per heavy atom. The Bertz CT molecular complexity index is 1220. The predicted octanol–water partition coefficient (Wildman–Crippen LogP) is 6.50. The van der Waals surface area contributed by atoms with Gasteiger partial charge in [0.05, 0.1) is 17.9 Å². The fraction of sp³-hybridized carbons (Fsp3) is 0.333. The normalized spacial score (nSPS) is 19.2. The number of aromatic nitrogens is 1. The third kappa shape index (κ3) is 4.14. The lowest BCUT2D eigenvalue weighted by atomic mass is 9.90. The lowest BCUT2D eigenvalue weighted by Crippen LogP contribution is -2.07. The van der Waals surface area contributed by atoms with Crippen molar-refractivity contribution in [3.63, 3.8) is 0 Å². The largest absolute Gasteiger partial charge is 0.491 e. The van der Waals surface area contributed by atoms with E-state index in [1.807, 2.05) is 24.4 Å². The van der Waals surface area contributed by atoms with Crippen LogP contribution in [0.1, 0.15) is 59.5 Å². The second kappa shape index (κ2) is 8.32. The first-order valence-corrected chi connectivity index (χ1v) is 11.2. The third-order valence-corrected chi connectivity index (χ3v) is 6.70. The van der Waals surface area contributed by atoms with Crippen LogP contribution in [0.5, 0.6) is 5.75 Å². The Balaban J connectivity index is 1.42. The van der Waals surface area contributed by atoms with E-state index in [2.05, 4.69) is 4.98 Å². The lowest BCUT2D eigenvalue weighted by molar-refractivity contribution is -0.137. The van der Waals surface area contributed by atoms with Crippen LogP contribution in [0.2, 0.25) is 0 Å². The predicted molar refractivity (Wildman–Crippen MR) is 119 cm³/mol. The average molecular weight is 451 g/mol. The fourth-order valence-corrected chi connectivity index (χ4v) is 5.26. The van der Waals surface area contributed by atoms with Gasteiger partial charge in [-0.05, 0) is 72.1 Å². The number of nitrogens with zero attached hydrogens (tertiary/aromatic N) is 1. The van der Waals surface area contributed by atoms with Crippen LogP contribution in [-0.4, -0.2) is 17.4 Å². The second-order valence-corrected chi connectivity index (χ2v) is 9.00. The molecule has 1 aliphatic carbocycles. The van der Waals surface area contributed by atoms with E-state index in [1.54, 1.807) is 25.1 Å². The zero-order chi connectivity index (χ0) is 23.2. The van der Waals surface area contributed by atoms with Crippen LogP contribution in [0, 0.1) is 0 Å². The van der Waals surface area contributed by atoms with E-state index in [0.717, 1.165) is 53.5 Å². The van der Waals surface area contributed by atoms with Crippen molar-refractivity contribution in [2.45, 2.75) is 50.6 Å². The average Bonchev–Trinajstić information content (AvgIpc) is 3.37. The Kier molecular flexibility index (Phi) is 5.47. The highest BCUT2D eigenvalue weighted by atomic mass is 19.4. The monoisotopic (exact) mass is 451 g/mol.